The van der Waals surface area contributed by atoms with Crippen LogP contribution in [0.3, 0.4) is 0 Å². The molecule has 0 fully saturated rings. The Balaban J connectivity index is 1.53. The fourth-order valence-electron chi connectivity index (χ4n) is 2.07. The van der Waals surface area contributed by atoms with Gasteiger partial charge in [-0.2, -0.15) is 5.10 Å². The van der Waals surface area contributed by atoms with Crippen LogP contribution in [-0.4, -0.2) is 42.9 Å². The molecule has 23 heavy (non-hydrogen) atoms. The van der Waals surface area contributed by atoms with Crippen LogP contribution >= 0.6 is 0 Å². The summed E-state index contributed by atoms with van der Waals surface area (Å²) >= 11 is 0. The highest BCUT2D eigenvalue weighted by Gasteiger charge is 2.29. The molecule has 0 aromatic carbocycles. The number of nitrogens with one attached hydrogen (secondary N) is 2. The number of carbonyl (C=O) groups excluding carboxylic acids is 1. The number of H-pyrrole nitrogens is 1. The fraction of sp³-hybridized carbons (Fsp3) is 0.429. The van der Waals surface area contributed by atoms with Gasteiger partial charge in [-0.1, -0.05) is 19.0 Å². The molecule has 0 saturated carbocycles. The van der Waals surface area contributed by atoms with E-state index in [1.54, 1.807) is 18.6 Å². The summed E-state index contributed by atoms with van der Waals surface area (Å²) in [6.45, 7) is 4.26. The molecule has 1 atom stereocenters. The van der Waals surface area contributed by atoms with Crippen molar-refractivity contribution in [3.8, 4) is 11.5 Å². The second-order valence-corrected chi connectivity index (χ2v) is 5.45. The molecule has 2 aromatic heterocycles. The number of rotatable bonds is 5. The number of aromatic nitrogens is 5. The van der Waals surface area contributed by atoms with Crippen molar-refractivity contribution in [3.63, 3.8) is 0 Å². The van der Waals surface area contributed by atoms with Gasteiger partial charge in [0.25, 0.3) is 5.91 Å². The molecule has 1 aliphatic heterocycles. The molecule has 0 spiro atoms. The smallest absolute Gasteiger partial charge is 0.264 e. The summed E-state index contributed by atoms with van der Waals surface area (Å²) in [5.41, 5.74) is 1.46. The zero-order chi connectivity index (χ0) is 16.2. The molecule has 2 aromatic rings. The van der Waals surface area contributed by atoms with E-state index in [-0.39, 0.29) is 18.4 Å². The lowest BCUT2D eigenvalue weighted by atomic mass is 10.0. The van der Waals surface area contributed by atoms with Gasteiger partial charge in [0.15, 0.2) is 0 Å². The van der Waals surface area contributed by atoms with Gasteiger partial charge >= 0.3 is 0 Å². The zero-order valence-electron chi connectivity index (χ0n) is 12.9. The topological polar surface area (TPSA) is 118 Å². The summed E-state index contributed by atoms with van der Waals surface area (Å²) in [5.74, 6) is 1.02. The van der Waals surface area contributed by atoms with Crippen LogP contribution in [0.25, 0.3) is 11.5 Å². The molecule has 3 heterocycles. The summed E-state index contributed by atoms with van der Waals surface area (Å²) in [6.07, 6.45) is 4.66. The maximum absolute atomic E-state index is 12.1. The van der Waals surface area contributed by atoms with Gasteiger partial charge < -0.3 is 10.2 Å². The van der Waals surface area contributed by atoms with Crippen LogP contribution in [0.15, 0.2) is 23.7 Å². The lowest BCUT2D eigenvalue weighted by molar-refractivity contribution is -0.131. The molecular weight excluding hydrogens is 298 g/mol. The van der Waals surface area contributed by atoms with E-state index >= 15 is 0 Å². The van der Waals surface area contributed by atoms with E-state index < -0.39 is 6.10 Å². The van der Waals surface area contributed by atoms with Crippen molar-refractivity contribution in [1.82, 2.24) is 30.5 Å². The normalized spacial score (nSPS) is 17.0. The van der Waals surface area contributed by atoms with Crippen molar-refractivity contribution in [2.75, 3.05) is 0 Å². The van der Waals surface area contributed by atoms with E-state index in [0.717, 1.165) is 5.71 Å². The van der Waals surface area contributed by atoms with Gasteiger partial charge in [-0.3, -0.25) is 14.9 Å². The van der Waals surface area contributed by atoms with Gasteiger partial charge in [0.05, 0.1) is 18.5 Å². The minimum Gasteiger partial charge on any atom is -0.382 e. The first kappa shape index (κ1) is 15.1. The predicted octanol–water partition coefficient (Wildman–Crippen LogP) is 0.679. The Morgan fingerprint density at radius 2 is 2.35 bits per heavy atom. The SMILES string of the molecule is CC(C)C1=NOC(C(=O)NCc2nc(-c3cnccn3)n[nH]2)C1. The Kier molecular flexibility index (Phi) is 4.26. The van der Waals surface area contributed by atoms with Gasteiger partial charge in [0.2, 0.25) is 11.9 Å². The number of carbonyl (C=O) groups is 1. The van der Waals surface area contributed by atoms with Gasteiger partial charge in [0.1, 0.15) is 11.5 Å². The van der Waals surface area contributed by atoms with E-state index in [1.807, 2.05) is 13.8 Å². The van der Waals surface area contributed by atoms with Crippen molar-refractivity contribution >= 4 is 11.6 Å². The third kappa shape index (κ3) is 3.50. The first-order valence-corrected chi connectivity index (χ1v) is 7.31. The lowest BCUT2D eigenvalue weighted by Crippen LogP contribution is -2.34. The summed E-state index contributed by atoms with van der Waals surface area (Å²) < 4.78 is 0. The number of hydrogen-bond acceptors (Lipinski definition) is 7. The average molecular weight is 315 g/mol. The highest BCUT2D eigenvalue weighted by atomic mass is 16.6. The molecule has 1 unspecified atom stereocenters. The lowest BCUT2D eigenvalue weighted by Gasteiger charge is -2.08. The second kappa shape index (κ2) is 6.51. The molecule has 9 heteroatoms. The summed E-state index contributed by atoms with van der Waals surface area (Å²) in [6, 6.07) is 0. The minimum absolute atomic E-state index is 0.221. The van der Waals surface area contributed by atoms with E-state index in [2.05, 4.69) is 35.6 Å². The van der Waals surface area contributed by atoms with Gasteiger partial charge in [-0.05, 0) is 5.92 Å². The predicted molar refractivity (Wildman–Crippen MR) is 81.0 cm³/mol. The minimum atomic E-state index is -0.574. The van der Waals surface area contributed by atoms with E-state index in [4.69, 9.17) is 4.84 Å². The number of hydrogen-bond donors (Lipinski definition) is 2. The highest BCUT2D eigenvalue weighted by molar-refractivity contribution is 5.93. The number of aromatic amines is 1. The van der Waals surface area contributed by atoms with Crippen LogP contribution in [0.1, 0.15) is 26.1 Å². The Bertz CT molecular complexity index is 711. The summed E-state index contributed by atoms with van der Waals surface area (Å²) in [5, 5.41) is 13.5. The number of oxime groups is 1. The number of amides is 1. The molecule has 1 amide bonds. The molecule has 3 rings (SSSR count). The Morgan fingerprint density at radius 1 is 1.48 bits per heavy atom. The van der Waals surface area contributed by atoms with E-state index in [0.29, 0.717) is 23.8 Å². The third-order valence-corrected chi connectivity index (χ3v) is 3.40. The van der Waals surface area contributed by atoms with E-state index in [9.17, 15) is 4.79 Å². The van der Waals surface area contributed by atoms with Crippen LogP contribution < -0.4 is 5.32 Å². The first-order valence-electron chi connectivity index (χ1n) is 7.31. The molecule has 0 bridgehead atoms. The van der Waals surface area contributed by atoms with Crippen LogP contribution in [0.2, 0.25) is 0 Å². The van der Waals surface area contributed by atoms with Crippen molar-refractivity contribution in [2.45, 2.75) is 32.9 Å². The molecule has 120 valence electrons. The quantitative estimate of drug-likeness (QED) is 0.837. The van der Waals surface area contributed by atoms with Crippen molar-refractivity contribution in [3.05, 3.63) is 24.4 Å². The average Bonchev–Trinajstić information content (AvgIpc) is 3.23. The van der Waals surface area contributed by atoms with Crippen molar-refractivity contribution in [1.29, 1.82) is 0 Å². The molecule has 1 aliphatic rings. The monoisotopic (exact) mass is 315 g/mol. The molecule has 0 saturated heterocycles. The molecular formula is C14H17N7O2. The maximum atomic E-state index is 12.1. The zero-order valence-corrected chi connectivity index (χ0v) is 12.9. The van der Waals surface area contributed by atoms with Gasteiger partial charge in [-0.15, -0.1) is 0 Å². The number of nitrogens with zero attached hydrogens (tertiary/aromatic N) is 5. The third-order valence-electron chi connectivity index (χ3n) is 3.40. The van der Waals surface area contributed by atoms with Crippen LogP contribution in [-0.2, 0) is 16.2 Å². The standard InChI is InChI=1S/C14H17N7O2/c1-8(2)9-5-11(23-21-9)14(22)17-7-12-18-13(20-19-12)10-6-15-3-4-16-10/h3-4,6,8,11H,5,7H2,1-2H3,(H,17,22)(H,18,19,20). The molecule has 0 radical (unpaired) electrons. The first-order chi connectivity index (χ1) is 11.1. The van der Waals surface area contributed by atoms with Crippen LogP contribution in [0.5, 0.6) is 0 Å². The largest absolute Gasteiger partial charge is 0.382 e. The van der Waals surface area contributed by atoms with Crippen LogP contribution in [0, 0.1) is 5.92 Å². The van der Waals surface area contributed by atoms with Crippen molar-refractivity contribution < 1.29 is 9.63 Å². The van der Waals surface area contributed by atoms with E-state index in [1.165, 1.54) is 0 Å². The maximum Gasteiger partial charge on any atom is 0.264 e. The summed E-state index contributed by atoms with van der Waals surface area (Å²) in [7, 11) is 0. The summed E-state index contributed by atoms with van der Waals surface area (Å²) in [4.78, 5) is 29.6. The van der Waals surface area contributed by atoms with Crippen LogP contribution in [0.4, 0.5) is 0 Å². The van der Waals surface area contributed by atoms with Gasteiger partial charge in [0, 0.05) is 18.8 Å². The highest BCUT2D eigenvalue weighted by Crippen LogP contribution is 2.16. The fourth-order valence-corrected chi connectivity index (χ4v) is 2.07. The second-order valence-electron chi connectivity index (χ2n) is 5.45. The Morgan fingerprint density at radius 3 is 3.04 bits per heavy atom. The Hall–Kier alpha value is -2.84. The Labute approximate surface area is 132 Å². The molecule has 0 aliphatic carbocycles. The molecule has 2 N–H and O–H groups in total. The molecule has 9 nitrogen and oxygen atoms in total. The van der Waals surface area contributed by atoms with Crippen molar-refractivity contribution in [2.24, 2.45) is 11.1 Å². The van der Waals surface area contributed by atoms with Gasteiger partial charge in [-0.25, -0.2) is 9.97 Å².